The van der Waals surface area contributed by atoms with Crippen LogP contribution in [0.25, 0.3) is 11.4 Å². The monoisotopic (exact) mass is 382 g/mol. The van der Waals surface area contributed by atoms with Gasteiger partial charge in [0.1, 0.15) is 0 Å². The second-order valence-corrected chi connectivity index (χ2v) is 8.14. The first kappa shape index (κ1) is 16.8. The van der Waals surface area contributed by atoms with Crippen molar-refractivity contribution < 1.29 is 4.52 Å². The van der Waals surface area contributed by atoms with E-state index in [1.165, 1.54) is 25.7 Å². The molecule has 0 radical (unpaired) electrons. The van der Waals surface area contributed by atoms with Crippen molar-refractivity contribution in [2.45, 2.75) is 49.6 Å². The van der Waals surface area contributed by atoms with E-state index in [-0.39, 0.29) is 0 Å². The van der Waals surface area contributed by atoms with Gasteiger partial charge in [-0.15, -0.1) is 10.2 Å². The number of hydrogen-bond acceptors (Lipinski definition) is 7. The third-order valence-electron chi connectivity index (χ3n) is 5.13. The largest absolute Gasteiger partial charge is 0.341 e. The van der Waals surface area contributed by atoms with Crippen LogP contribution in [0.2, 0.25) is 0 Å². The molecule has 3 aromatic rings. The highest BCUT2D eigenvalue weighted by molar-refractivity contribution is 7.98. The van der Waals surface area contributed by atoms with Gasteiger partial charge in [-0.3, -0.25) is 4.57 Å². The van der Waals surface area contributed by atoms with Crippen molar-refractivity contribution in [2.24, 2.45) is 0 Å². The van der Waals surface area contributed by atoms with E-state index in [1.807, 2.05) is 18.2 Å². The minimum absolute atomic E-state index is 0.545. The molecule has 5 rings (SSSR count). The van der Waals surface area contributed by atoms with Crippen LogP contribution < -0.4 is 4.90 Å². The average Bonchev–Trinajstić information content (AvgIpc) is 3.10. The first-order chi connectivity index (χ1) is 13.3. The van der Waals surface area contributed by atoms with Gasteiger partial charge in [0.05, 0.1) is 5.75 Å². The molecule has 3 heterocycles. The van der Waals surface area contributed by atoms with Crippen molar-refractivity contribution in [1.82, 2.24) is 24.9 Å². The maximum atomic E-state index is 5.47. The molecule has 1 aliphatic carbocycles. The van der Waals surface area contributed by atoms with Gasteiger partial charge in [-0.1, -0.05) is 41.2 Å². The van der Waals surface area contributed by atoms with E-state index in [4.69, 9.17) is 4.52 Å². The van der Waals surface area contributed by atoms with Gasteiger partial charge in [0, 0.05) is 24.7 Å². The summed E-state index contributed by atoms with van der Waals surface area (Å²) in [7, 11) is 0. The Kier molecular flexibility index (Phi) is 4.35. The Morgan fingerprint density at radius 1 is 1.15 bits per heavy atom. The van der Waals surface area contributed by atoms with Crippen LogP contribution in [-0.2, 0) is 5.75 Å². The van der Waals surface area contributed by atoms with Crippen molar-refractivity contribution in [3.8, 4) is 11.4 Å². The molecule has 2 aromatic heterocycles. The highest BCUT2D eigenvalue weighted by atomic mass is 32.2. The van der Waals surface area contributed by atoms with Crippen molar-refractivity contribution in [3.63, 3.8) is 0 Å². The zero-order chi connectivity index (χ0) is 18.2. The number of rotatable bonds is 6. The van der Waals surface area contributed by atoms with E-state index >= 15 is 0 Å². The molecule has 1 aromatic carbocycles. The summed E-state index contributed by atoms with van der Waals surface area (Å²) in [5.74, 6) is 2.89. The number of aryl methyl sites for hydroxylation is 1. The molecule has 1 aliphatic heterocycles. The lowest BCUT2D eigenvalue weighted by atomic mass is 10.1. The van der Waals surface area contributed by atoms with Crippen LogP contribution in [0.15, 0.2) is 33.9 Å². The third kappa shape index (κ3) is 3.34. The number of hydrogen-bond donors (Lipinski definition) is 0. The van der Waals surface area contributed by atoms with Gasteiger partial charge < -0.3 is 9.42 Å². The molecule has 0 amide bonds. The fourth-order valence-corrected chi connectivity index (χ4v) is 4.36. The van der Waals surface area contributed by atoms with Crippen LogP contribution in [-0.4, -0.2) is 38.0 Å². The average molecular weight is 382 g/mol. The number of nitrogens with zero attached hydrogens (tertiary/aromatic N) is 6. The second kappa shape index (κ2) is 6.99. The van der Waals surface area contributed by atoms with Gasteiger partial charge in [-0.25, -0.2) is 0 Å². The second-order valence-electron chi connectivity index (χ2n) is 7.19. The maximum Gasteiger partial charge on any atom is 0.237 e. The van der Waals surface area contributed by atoms with Crippen LogP contribution in [0.1, 0.15) is 43.2 Å². The van der Waals surface area contributed by atoms with E-state index in [9.17, 15) is 0 Å². The Labute approximate surface area is 162 Å². The molecule has 0 spiro atoms. The van der Waals surface area contributed by atoms with Crippen molar-refractivity contribution in [2.75, 3.05) is 18.0 Å². The Morgan fingerprint density at radius 3 is 2.74 bits per heavy atom. The fraction of sp³-hybridized carbons (Fsp3) is 0.474. The lowest BCUT2D eigenvalue weighted by molar-refractivity contribution is 0.391. The first-order valence-electron chi connectivity index (χ1n) is 9.51. The summed E-state index contributed by atoms with van der Waals surface area (Å²) in [6, 6.07) is 8.62. The molecular weight excluding hydrogens is 360 g/mol. The number of benzene rings is 1. The normalized spacial score (nSPS) is 17.0. The molecule has 0 N–H and O–H groups in total. The van der Waals surface area contributed by atoms with Gasteiger partial charge in [0.15, 0.2) is 5.16 Å². The van der Waals surface area contributed by atoms with Crippen LogP contribution in [0.5, 0.6) is 0 Å². The summed E-state index contributed by atoms with van der Waals surface area (Å²) in [5, 5.41) is 14.0. The minimum Gasteiger partial charge on any atom is -0.341 e. The molecule has 1 saturated carbocycles. The molecule has 1 saturated heterocycles. The molecule has 0 atom stereocenters. The fourth-order valence-electron chi connectivity index (χ4n) is 3.53. The van der Waals surface area contributed by atoms with E-state index in [0.717, 1.165) is 35.3 Å². The molecule has 140 valence electrons. The van der Waals surface area contributed by atoms with Crippen LogP contribution in [0.4, 0.5) is 5.95 Å². The summed E-state index contributed by atoms with van der Waals surface area (Å²) in [6.45, 7) is 4.22. The summed E-state index contributed by atoms with van der Waals surface area (Å²) >= 11 is 1.63. The quantitative estimate of drug-likeness (QED) is 0.599. The van der Waals surface area contributed by atoms with E-state index < -0.39 is 0 Å². The van der Waals surface area contributed by atoms with Gasteiger partial charge in [0.25, 0.3) is 0 Å². The first-order valence-corrected chi connectivity index (χ1v) is 10.5. The van der Waals surface area contributed by atoms with Gasteiger partial charge >= 0.3 is 0 Å². The Hall–Kier alpha value is -2.35. The highest BCUT2D eigenvalue weighted by Crippen LogP contribution is 2.41. The van der Waals surface area contributed by atoms with Gasteiger partial charge in [-0.05, 0) is 38.2 Å². The predicted molar refractivity (Wildman–Crippen MR) is 104 cm³/mol. The lowest BCUT2D eigenvalue weighted by Crippen LogP contribution is -2.22. The molecule has 7 nitrogen and oxygen atoms in total. The zero-order valence-electron chi connectivity index (χ0n) is 15.3. The van der Waals surface area contributed by atoms with E-state index in [1.54, 1.807) is 11.8 Å². The zero-order valence-corrected chi connectivity index (χ0v) is 16.2. The van der Waals surface area contributed by atoms with Crippen molar-refractivity contribution >= 4 is 17.7 Å². The van der Waals surface area contributed by atoms with E-state index in [0.29, 0.717) is 23.5 Å². The third-order valence-corrected chi connectivity index (χ3v) is 6.05. The number of thioether (sulfide) groups is 1. The molecular formula is C19H22N6OS. The smallest absolute Gasteiger partial charge is 0.237 e. The molecule has 8 heteroatoms. The molecule has 0 bridgehead atoms. The van der Waals surface area contributed by atoms with Crippen molar-refractivity contribution in [3.05, 3.63) is 35.7 Å². The number of anilines is 1. The number of aromatic nitrogens is 5. The summed E-state index contributed by atoms with van der Waals surface area (Å²) in [4.78, 5) is 6.92. The molecule has 2 fully saturated rings. The molecule has 27 heavy (non-hydrogen) atoms. The van der Waals surface area contributed by atoms with E-state index in [2.05, 4.69) is 42.8 Å². The van der Waals surface area contributed by atoms with Crippen LogP contribution >= 0.6 is 11.8 Å². The van der Waals surface area contributed by atoms with Crippen LogP contribution in [0, 0.1) is 6.92 Å². The Morgan fingerprint density at radius 2 is 1.96 bits per heavy atom. The summed E-state index contributed by atoms with van der Waals surface area (Å²) < 4.78 is 7.78. The minimum atomic E-state index is 0.545. The Balaban J connectivity index is 1.33. The lowest BCUT2D eigenvalue weighted by Gasteiger charge is -2.17. The van der Waals surface area contributed by atoms with Crippen LogP contribution in [0.3, 0.4) is 0 Å². The standard InChI is InChI=1S/C19H22N6OS/c1-13-6-2-3-7-15(13)17-20-16(26-23-17)12-27-19-22-21-18(24-10-4-5-11-24)25(19)14-8-9-14/h2-3,6-7,14H,4-5,8-12H2,1H3. The predicted octanol–water partition coefficient (Wildman–Crippen LogP) is 3.86. The molecule has 0 unspecified atom stereocenters. The SMILES string of the molecule is Cc1ccccc1-c1noc(CSc2nnc(N3CCCC3)n2C2CC2)n1. The van der Waals surface area contributed by atoms with Crippen molar-refractivity contribution in [1.29, 1.82) is 0 Å². The van der Waals surface area contributed by atoms with Gasteiger partial charge in [-0.2, -0.15) is 4.98 Å². The summed E-state index contributed by atoms with van der Waals surface area (Å²) in [6.07, 6.45) is 4.90. The summed E-state index contributed by atoms with van der Waals surface area (Å²) in [5.41, 5.74) is 2.15. The van der Waals surface area contributed by atoms with Gasteiger partial charge in [0.2, 0.25) is 17.7 Å². The Bertz CT molecular complexity index is 941. The topological polar surface area (TPSA) is 72.9 Å². The maximum absolute atomic E-state index is 5.47. The molecule has 2 aliphatic rings. The highest BCUT2D eigenvalue weighted by Gasteiger charge is 2.32.